The molecule has 5 heteroatoms. The fraction of sp³-hybridized carbons (Fsp3) is 0.357. The summed E-state index contributed by atoms with van der Waals surface area (Å²) in [5, 5.41) is 7.80. The Morgan fingerprint density at radius 1 is 1.42 bits per heavy atom. The van der Waals surface area contributed by atoms with E-state index in [4.69, 9.17) is 11.6 Å². The van der Waals surface area contributed by atoms with Crippen LogP contribution in [0.1, 0.15) is 30.6 Å². The molecule has 102 valence electrons. The predicted molar refractivity (Wildman–Crippen MR) is 74.8 cm³/mol. The van der Waals surface area contributed by atoms with Crippen LogP contribution in [0.3, 0.4) is 0 Å². The Labute approximate surface area is 117 Å². The molecule has 19 heavy (non-hydrogen) atoms. The first-order valence-electron chi connectivity index (χ1n) is 6.30. The zero-order chi connectivity index (χ0) is 13.8. The van der Waals surface area contributed by atoms with Crippen molar-refractivity contribution in [2.75, 3.05) is 6.54 Å². The molecule has 0 amide bonds. The minimum Gasteiger partial charge on any atom is -0.305 e. The van der Waals surface area contributed by atoms with Crippen molar-refractivity contribution in [2.24, 2.45) is 7.05 Å². The summed E-state index contributed by atoms with van der Waals surface area (Å²) in [7, 11) is 1.84. The van der Waals surface area contributed by atoms with Crippen molar-refractivity contribution in [1.82, 2.24) is 15.1 Å². The summed E-state index contributed by atoms with van der Waals surface area (Å²) >= 11 is 5.86. The number of benzene rings is 1. The van der Waals surface area contributed by atoms with Gasteiger partial charge in [-0.05, 0) is 25.1 Å². The standard InChI is InChI=1S/C14H17ClFN3/c1-3-8-17-14(12-7-9-19(2)18-12)10-5-4-6-11(15)13(10)16/h4-7,9,14,17H,3,8H2,1-2H3. The monoisotopic (exact) mass is 281 g/mol. The van der Waals surface area contributed by atoms with Gasteiger partial charge in [0.15, 0.2) is 0 Å². The van der Waals surface area contributed by atoms with Gasteiger partial charge in [-0.15, -0.1) is 0 Å². The van der Waals surface area contributed by atoms with Gasteiger partial charge in [-0.2, -0.15) is 5.10 Å². The van der Waals surface area contributed by atoms with Crippen molar-refractivity contribution < 1.29 is 4.39 Å². The molecule has 0 aliphatic rings. The van der Waals surface area contributed by atoms with Gasteiger partial charge in [-0.25, -0.2) is 4.39 Å². The lowest BCUT2D eigenvalue weighted by atomic mass is 10.0. The van der Waals surface area contributed by atoms with E-state index in [1.54, 1.807) is 22.9 Å². The highest BCUT2D eigenvalue weighted by molar-refractivity contribution is 6.30. The fourth-order valence-electron chi connectivity index (χ4n) is 1.99. The molecule has 1 aromatic carbocycles. The van der Waals surface area contributed by atoms with Crippen LogP contribution in [-0.4, -0.2) is 16.3 Å². The van der Waals surface area contributed by atoms with Crippen LogP contribution in [0.4, 0.5) is 4.39 Å². The van der Waals surface area contributed by atoms with Crippen LogP contribution in [-0.2, 0) is 7.05 Å². The Balaban J connectivity index is 2.39. The fourth-order valence-corrected chi connectivity index (χ4v) is 2.17. The maximum atomic E-state index is 14.2. The molecule has 1 heterocycles. The highest BCUT2D eigenvalue weighted by Gasteiger charge is 2.20. The molecule has 1 unspecified atom stereocenters. The number of hydrogen-bond donors (Lipinski definition) is 1. The topological polar surface area (TPSA) is 29.9 Å². The number of hydrogen-bond acceptors (Lipinski definition) is 2. The lowest BCUT2D eigenvalue weighted by Crippen LogP contribution is -2.24. The van der Waals surface area contributed by atoms with Gasteiger partial charge >= 0.3 is 0 Å². The lowest BCUT2D eigenvalue weighted by molar-refractivity contribution is 0.534. The first kappa shape index (κ1) is 14.0. The van der Waals surface area contributed by atoms with Crippen LogP contribution in [0.2, 0.25) is 5.02 Å². The van der Waals surface area contributed by atoms with E-state index in [0.29, 0.717) is 5.56 Å². The van der Waals surface area contributed by atoms with E-state index in [0.717, 1.165) is 18.7 Å². The molecule has 0 bridgehead atoms. The molecule has 0 aliphatic heterocycles. The average molecular weight is 282 g/mol. The molecular weight excluding hydrogens is 265 g/mol. The van der Waals surface area contributed by atoms with Gasteiger partial charge in [0.1, 0.15) is 5.82 Å². The van der Waals surface area contributed by atoms with Crippen molar-refractivity contribution in [3.8, 4) is 0 Å². The number of nitrogens with zero attached hydrogens (tertiary/aromatic N) is 2. The van der Waals surface area contributed by atoms with E-state index in [2.05, 4.69) is 17.3 Å². The Kier molecular flexibility index (Phi) is 4.56. The predicted octanol–water partition coefficient (Wildman–Crippen LogP) is 3.30. The summed E-state index contributed by atoms with van der Waals surface area (Å²) in [6.07, 6.45) is 2.81. The smallest absolute Gasteiger partial charge is 0.146 e. The summed E-state index contributed by atoms with van der Waals surface area (Å²) in [6.45, 7) is 2.85. The van der Waals surface area contributed by atoms with E-state index in [-0.39, 0.29) is 16.9 Å². The van der Waals surface area contributed by atoms with Crippen molar-refractivity contribution in [2.45, 2.75) is 19.4 Å². The van der Waals surface area contributed by atoms with Gasteiger partial charge < -0.3 is 5.32 Å². The molecule has 0 saturated carbocycles. The molecular formula is C14H17ClFN3. The molecule has 0 saturated heterocycles. The zero-order valence-corrected chi connectivity index (χ0v) is 11.8. The molecule has 1 N–H and O–H groups in total. The number of nitrogens with one attached hydrogen (secondary N) is 1. The highest BCUT2D eigenvalue weighted by atomic mass is 35.5. The summed E-state index contributed by atoms with van der Waals surface area (Å²) < 4.78 is 15.9. The summed E-state index contributed by atoms with van der Waals surface area (Å²) in [6, 6.07) is 6.65. The molecule has 2 rings (SSSR count). The van der Waals surface area contributed by atoms with Crippen molar-refractivity contribution in [1.29, 1.82) is 0 Å². The Morgan fingerprint density at radius 2 is 2.21 bits per heavy atom. The lowest BCUT2D eigenvalue weighted by Gasteiger charge is -2.18. The normalized spacial score (nSPS) is 12.6. The molecule has 3 nitrogen and oxygen atoms in total. The molecule has 0 spiro atoms. The van der Waals surface area contributed by atoms with Crippen LogP contribution in [0, 0.1) is 5.82 Å². The number of aryl methyl sites for hydroxylation is 1. The van der Waals surface area contributed by atoms with Crippen LogP contribution in [0.5, 0.6) is 0 Å². The SMILES string of the molecule is CCCNC(c1ccn(C)n1)c1cccc(Cl)c1F. The Bertz CT molecular complexity index is 553. The minimum atomic E-state index is -0.386. The Morgan fingerprint density at radius 3 is 2.84 bits per heavy atom. The van der Waals surface area contributed by atoms with Crippen molar-refractivity contribution in [3.05, 3.63) is 52.6 Å². The van der Waals surface area contributed by atoms with Crippen LogP contribution in [0.15, 0.2) is 30.5 Å². The summed E-state index contributed by atoms with van der Waals surface area (Å²) in [5.41, 5.74) is 1.32. The van der Waals surface area contributed by atoms with E-state index < -0.39 is 0 Å². The maximum absolute atomic E-state index is 14.2. The van der Waals surface area contributed by atoms with Crippen LogP contribution in [0.25, 0.3) is 0 Å². The second kappa shape index (κ2) is 6.17. The molecule has 2 aromatic rings. The van der Waals surface area contributed by atoms with E-state index in [1.165, 1.54) is 0 Å². The van der Waals surface area contributed by atoms with Crippen molar-refractivity contribution in [3.63, 3.8) is 0 Å². The van der Waals surface area contributed by atoms with Crippen LogP contribution >= 0.6 is 11.6 Å². The first-order valence-corrected chi connectivity index (χ1v) is 6.68. The molecule has 1 aromatic heterocycles. The number of aromatic nitrogens is 2. The van der Waals surface area contributed by atoms with Gasteiger partial charge in [-0.3, -0.25) is 4.68 Å². The van der Waals surface area contributed by atoms with Crippen LogP contribution < -0.4 is 5.32 Å². The van der Waals surface area contributed by atoms with Gasteiger partial charge in [-0.1, -0.05) is 30.7 Å². The van der Waals surface area contributed by atoms with Gasteiger partial charge in [0, 0.05) is 18.8 Å². The van der Waals surface area contributed by atoms with Gasteiger partial charge in [0.2, 0.25) is 0 Å². The zero-order valence-electron chi connectivity index (χ0n) is 11.0. The Hall–Kier alpha value is -1.39. The third kappa shape index (κ3) is 3.14. The molecule has 0 fully saturated rings. The maximum Gasteiger partial charge on any atom is 0.146 e. The second-order valence-electron chi connectivity index (χ2n) is 4.44. The summed E-state index contributed by atoms with van der Waals surface area (Å²) in [4.78, 5) is 0. The highest BCUT2D eigenvalue weighted by Crippen LogP contribution is 2.27. The third-order valence-corrected chi connectivity index (χ3v) is 3.21. The van der Waals surface area contributed by atoms with E-state index >= 15 is 0 Å². The van der Waals surface area contributed by atoms with Gasteiger partial charge in [0.05, 0.1) is 16.8 Å². The summed E-state index contributed by atoms with van der Waals surface area (Å²) in [5.74, 6) is -0.386. The molecule has 0 aliphatic carbocycles. The number of rotatable bonds is 5. The molecule has 0 radical (unpaired) electrons. The minimum absolute atomic E-state index is 0.136. The second-order valence-corrected chi connectivity index (χ2v) is 4.85. The average Bonchev–Trinajstić information content (AvgIpc) is 2.81. The van der Waals surface area contributed by atoms with Gasteiger partial charge in [0.25, 0.3) is 0 Å². The van der Waals surface area contributed by atoms with E-state index in [1.807, 2.05) is 19.3 Å². The van der Waals surface area contributed by atoms with E-state index in [9.17, 15) is 4.39 Å². The molecule has 1 atom stereocenters. The third-order valence-electron chi connectivity index (χ3n) is 2.92. The number of halogens is 2. The van der Waals surface area contributed by atoms with Crippen molar-refractivity contribution >= 4 is 11.6 Å². The first-order chi connectivity index (χ1) is 9.13. The quantitative estimate of drug-likeness (QED) is 0.911. The largest absolute Gasteiger partial charge is 0.305 e.